The fourth-order valence-electron chi connectivity index (χ4n) is 2.05. The van der Waals surface area contributed by atoms with Gasteiger partial charge in [0.25, 0.3) is 0 Å². The summed E-state index contributed by atoms with van der Waals surface area (Å²) in [6, 6.07) is 0. The zero-order valence-corrected chi connectivity index (χ0v) is 10.0. The Morgan fingerprint density at radius 3 is 2.94 bits per heavy atom. The summed E-state index contributed by atoms with van der Waals surface area (Å²) in [5, 5.41) is 30.0. The molecule has 0 saturated carbocycles. The lowest BCUT2D eigenvalue weighted by Crippen LogP contribution is -2.40. The Bertz CT molecular complexity index is 487. The standard InChI is InChI=1S/C11H16N2O5/c1-2-7-4-12(10(16)5-13(7)17)11-3-8(15)9(6-14)18-11/h4-5,8-9,11,14-15H,2-3,6H2,1H3/t8-,9+,11+/m0/s1. The van der Waals surface area contributed by atoms with Crippen molar-refractivity contribution in [1.82, 2.24) is 4.57 Å². The van der Waals surface area contributed by atoms with E-state index in [9.17, 15) is 15.1 Å². The van der Waals surface area contributed by atoms with Crippen molar-refractivity contribution in [3.63, 3.8) is 0 Å². The molecule has 0 aliphatic carbocycles. The number of aromatic nitrogens is 2. The number of hydrogen-bond donors (Lipinski definition) is 2. The molecule has 1 fully saturated rings. The second-order valence-electron chi connectivity index (χ2n) is 4.29. The van der Waals surface area contributed by atoms with Crippen molar-refractivity contribution in [3.05, 3.63) is 33.6 Å². The summed E-state index contributed by atoms with van der Waals surface area (Å²) in [7, 11) is 0. The van der Waals surface area contributed by atoms with Crippen LogP contribution in [0.2, 0.25) is 0 Å². The second-order valence-corrected chi connectivity index (χ2v) is 4.29. The number of aliphatic hydroxyl groups is 2. The highest BCUT2D eigenvalue weighted by Crippen LogP contribution is 2.27. The molecule has 7 heteroatoms. The van der Waals surface area contributed by atoms with Crippen molar-refractivity contribution in [2.45, 2.75) is 38.2 Å². The molecule has 0 amide bonds. The maximum Gasteiger partial charge on any atom is 0.318 e. The average Bonchev–Trinajstić information content (AvgIpc) is 2.70. The molecule has 2 heterocycles. The van der Waals surface area contributed by atoms with E-state index in [1.165, 1.54) is 10.8 Å². The predicted octanol–water partition coefficient (Wildman–Crippen LogP) is -1.32. The second kappa shape index (κ2) is 5.05. The zero-order chi connectivity index (χ0) is 13.3. The van der Waals surface area contributed by atoms with Crippen LogP contribution in [0, 0.1) is 5.21 Å². The molecule has 1 aliphatic heterocycles. The molecule has 100 valence electrons. The highest BCUT2D eigenvalue weighted by molar-refractivity contribution is 4.93. The monoisotopic (exact) mass is 256 g/mol. The normalized spacial score (nSPS) is 27.6. The average molecular weight is 256 g/mol. The van der Waals surface area contributed by atoms with Gasteiger partial charge in [-0.2, -0.15) is 4.73 Å². The van der Waals surface area contributed by atoms with Crippen molar-refractivity contribution < 1.29 is 19.7 Å². The Hall–Kier alpha value is -1.44. The number of rotatable bonds is 3. The van der Waals surface area contributed by atoms with E-state index in [1.807, 2.05) is 0 Å². The lowest BCUT2D eigenvalue weighted by atomic mass is 10.2. The molecule has 1 aromatic rings. The smallest absolute Gasteiger partial charge is 0.318 e. The van der Waals surface area contributed by atoms with Gasteiger partial charge < -0.3 is 20.2 Å². The van der Waals surface area contributed by atoms with Crippen molar-refractivity contribution in [3.8, 4) is 0 Å². The van der Waals surface area contributed by atoms with E-state index in [2.05, 4.69) is 0 Å². The Morgan fingerprint density at radius 1 is 1.67 bits per heavy atom. The van der Waals surface area contributed by atoms with Gasteiger partial charge >= 0.3 is 5.56 Å². The molecule has 0 unspecified atom stereocenters. The van der Waals surface area contributed by atoms with E-state index in [4.69, 9.17) is 9.84 Å². The quantitative estimate of drug-likeness (QED) is 0.516. The molecule has 18 heavy (non-hydrogen) atoms. The lowest BCUT2D eigenvalue weighted by Gasteiger charge is -2.15. The lowest BCUT2D eigenvalue weighted by molar-refractivity contribution is -0.615. The molecular formula is C11H16N2O5. The van der Waals surface area contributed by atoms with E-state index in [0.29, 0.717) is 16.8 Å². The third-order valence-electron chi connectivity index (χ3n) is 3.11. The highest BCUT2D eigenvalue weighted by Gasteiger charge is 2.35. The van der Waals surface area contributed by atoms with Crippen LogP contribution in [0.25, 0.3) is 0 Å². The molecule has 2 N–H and O–H groups in total. The Labute approximate surface area is 103 Å². The first-order valence-electron chi connectivity index (χ1n) is 5.85. The summed E-state index contributed by atoms with van der Waals surface area (Å²) in [4.78, 5) is 11.7. The van der Waals surface area contributed by atoms with Gasteiger partial charge in [0.2, 0.25) is 11.9 Å². The molecule has 7 nitrogen and oxygen atoms in total. The zero-order valence-electron chi connectivity index (χ0n) is 10.0. The first kappa shape index (κ1) is 13.0. The molecule has 0 radical (unpaired) electrons. The van der Waals surface area contributed by atoms with Crippen molar-refractivity contribution in [2.75, 3.05) is 6.61 Å². The van der Waals surface area contributed by atoms with Crippen LogP contribution in [0.5, 0.6) is 0 Å². The molecule has 1 aromatic heterocycles. The molecule has 3 atom stereocenters. The van der Waals surface area contributed by atoms with Crippen LogP contribution in [0.1, 0.15) is 25.3 Å². The minimum Gasteiger partial charge on any atom is -0.618 e. The van der Waals surface area contributed by atoms with Gasteiger partial charge in [0, 0.05) is 12.8 Å². The van der Waals surface area contributed by atoms with Gasteiger partial charge in [-0.05, 0) is 0 Å². The fourth-order valence-corrected chi connectivity index (χ4v) is 2.05. The Balaban J connectivity index is 2.32. The topological polar surface area (TPSA) is 98.6 Å². The van der Waals surface area contributed by atoms with E-state index < -0.39 is 24.0 Å². The van der Waals surface area contributed by atoms with Gasteiger partial charge in [-0.15, -0.1) is 0 Å². The summed E-state index contributed by atoms with van der Waals surface area (Å²) in [6.07, 6.45) is 0.951. The molecule has 0 aromatic carbocycles. The van der Waals surface area contributed by atoms with Gasteiger partial charge in [-0.3, -0.25) is 9.36 Å². The third kappa shape index (κ3) is 2.24. The van der Waals surface area contributed by atoms with Gasteiger partial charge in [0.1, 0.15) is 12.3 Å². The van der Waals surface area contributed by atoms with Crippen LogP contribution in [0.15, 0.2) is 17.2 Å². The number of nitrogens with zero attached hydrogens (tertiary/aromatic N) is 2. The molecule has 0 spiro atoms. The maximum absolute atomic E-state index is 11.7. The third-order valence-corrected chi connectivity index (χ3v) is 3.11. The summed E-state index contributed by atoms with van der Waals surface area (Å²) in [6.45, 7) is 1.50. The Morgan fingerprint density at radius 2 is 2.39 bits per heavy atom. The molecule has 2 rings (SSSR count). The maximum atomic E-state index is 11.7. The van der Waals surface area contributed by atoms with Crippen molar-refractivity contribution >= 4 is 0 Å². The minimum absolute atomic E-state index is 0.219. The van der Waals surface area contributed by atoms with E-state index in [-0.39, 0.29) is 13.0 Å². The van der Waals surface area contributed by atoms with Crippen LogP contribution >= 0.6 is 0 Å². The largest absolute Gasteiger partial charge is 0.618 e. The minimum atomic E-state index is -0.809. The van der Waals surface area contributed by atoms with Gasteiger partial charge in [0.15, 0.2) is 0 Å². The van der Waals surface area contributed by atoms with E-state index >= 15 is 0 Å². The first-order valence-corrected chi connectivity index (χ1v) is 5.85. The fraction of sp³-hybridized carbons (Fsp3) is 0.636. The summed E-state index contributed by atoms with van der Waals surface area (Å²) in [5.41, 5.74) is -0.0434. The van der Waals surface area contributed by atoms with Crippen molar-refractivity contribution in [1.29, 1.82) is 0 Å². The number of aryl methyl sites for hydroxylation is 1. The van der Waals surface area contributed by atoms with Crippen molar-refractivity contribution in [2.24, 2.45) is 0 Å². The first-order chi connectivity index (χ1) is 8.56. The highest BCUT2D eigenvalue weighted by atomic mass is 16.5. The van der Waals surface area contributed by atoms with E-state index in [0.717, 1.165) is 6.20 Å². The number of hydrogen-bond acceptors (Lipinski definition) is 5. The number of aliphatic hydroxyl groups excluding tert-OH is 2. The van der Waals surface area contributed by atoms with E-state index in [1.54, 1.807) is 6.92 Å². The Kier molecular flexibility index (Phi) is 3.65. The summed E-state index contributed by atoms with van der Waals surface area (Å²) in [5.74, 6) is 0. The van der Waals surface area contributed by atoms with Crippen LogP contribution in [-0.4, -0.2) is 33.6 Å². The van der Waals surface area contributed by atoms with Gasteiger partial charge in [-0.1, -0.05) is 6.92 Å². The SMILES string of the molecule is CCc1cn([C@H]2C[C@H](O)[C@@H](CO)O2)c(=O)c[n+]1[O-]. The molecular weight excluding hydrogens is 240 g/mol. The molecule has 1 saturated heterocycles. The summed E-state index contributed by atoms with van der Waals surface area (Å²) >= 11 is 0. The van der Waals surface area contributed by atoms with Crippen LogP contribution in [0.3, 0.4) is 0 Å². The predicted molar refractivity (Wildman–Crippen MR) is 60.7 cm³/mol. The van der Waals surface area contributed by atoms with Crippen LogP contribution < -0.4 is 10.3 Å². The number of ether oxygens (including phenoxy) is 1. The van der Waals surface area contributed by atoms with Gasteiger partial charge in [0.05, 0.1) is 18.9 Å². The van der Waals surface area contributed by atoms with Crippen LogP contribution in [0.4, 0.5) is 0 Å². The molecule has 0 bridgehead atoms. The van der Waals surface area contributed by atoms with Crippen LogP contribution in [-0.2, 0) is 11.2 Å². The summed E-state index contributed by atoms with van der Waals surface area (Å²) < 4.78 is 7.20. The van der Waals surface area contributed by atoms with Gasteiger partial charge in [-0.25, -0.2) is 0 Å². The molecule has 1 aliphatic rings.